The summed E-state index contributed by atoms with van der Waals surface area (Å²) in [6, 6.07) is 23.4. The third-order valence-electron chi connectivity index (χ3n) is 4.85. The minimum Gasteiger partial charge on any atom is -0.345 e. The molecule has 2 aromatic carbocycles. The van der Waals surface area contributed by atoms with Crippen molar-refractivity contribution in [3.8, 4) is 11.3 Å². The third-order valence-corrected chi connectivity index (χ3v) is 4.85. The lowest BCUT2D eigenvalue weighted by Crippen LogP contribution is -2.28. The van der Waals surface area contributed by atoms with Gasteiger partial charge in [0.25, 0.3) is 5.91 Å². The largest absolute Gasteiger partial charge is 0.345 e. The average Bonchev–Trinajstić information content (AvgIpc) is 2.77. The van der Waals surface area contributed by atoms with Gasteiger partial charge in [-0.25, -0.2) is 4.98 Å². The van der Waals surface area contributed by atoms with E-state index >= 15 is 0 Å². The average molecular weight is 367 g/mol. The number of rotatable bonds is 5. The maximum atomic E-state index is 13.2. The fraction of sp³-hybridized carbons (Fsp3) is 0.125. The van der Waals surface area contributed by atoms with Gasteiger partial charge in [-0.2, -0.15) is 0 Å². The van der Waals surface area contributed by atoms with E-state index in [4.69, 9.17) is 4.98 Å². The van der Waals surface area contributed by atoms with E-state index in [1.807, 2.05) is 72.8 Å². The second-order valence-electron chi connectivity index (χ2n) is 6.65. The predicted octanol–water partition coefficient (Wildman–Crippen LogP) is 5.18. The number of amides is 1. The number of fused-ring (bicyclic) bond motifs is 1. The van der Waals surface area contributed by atoms with Crippen LogP contribution >= 0.6 is 0 Å². The summed E-state index contributed by atoms with van der Waals surface area (Å²) in [7, 11) is 0. The number of hydrogen-bond donors (Lipinski definition) is 1. The Kier molecular flexibility index (Phi) is 5.11. The fourth-order valence-electron chi connectivity index (χ4n) is 3.37. The minimum atomic E-state index is -0.0977. The van der Waals surface area contributed by atoms with Crippen LogP contribution in [0, 0.1) is 0 Å². The van der Waals surface area contributed by atoms with Crippen LogP contribution in [0.2, 0.25) is 0 Å². The van der Waals surface area contributed by atoms with Gasteiger partial charge in [0.1, 0.15) is 0 Å². The highest BCUT2D eigenvalue weighted by Crippen LogP contribution is 2.26. The lowest BCUT2D eigenvalue weighted by molar-refractivity contribution is 0.0937. The summed E-state index contributed by atoms with van der Waals surface area (Å²) in [5, 5.41) is 4.03. The Labute approximate surface area is 164 Å². The molecule has 0 unspecified atom stereocenters. The van der Waals surface area contributed by atoms with Crippen molar-refractivity contribution in [3.63, 3.8) is 0 Å². The molecule has 0 aliphatic rings. The number of carbonyl (C=O) groups excluding carboxylic acids is 1. The van der Waals surface area contributed by atoms with Gasteiger partial charge in [0.05, 0.1) is 22.8 Å². The normalized spacial score (nSPS) is 11.9. The van der Waals surface area contributed by atoms with Gasteiger partial charge in [0, 0.05) is 23.3 Å². The van der Waals surface area contributed by atoms with Gasteiger partial charge < -0.3 is 5.32 Å². The quantitative estimate of drug-likeness (QED) is 0.529. The molecule has 4 rings (SSSR count). The van der Waals surface area contributed by atoms with Gasteiger partial charge in [0.15, 0.2) is 0 Å². The molecule has 28 heavy (non-hydrogen) atoms. The number of carbonyl (C=O) groups is 1. The lowest BCUT2D eigenvalue weighted by Gasteiger charge is -2.18. The van der Waals surface area contributed by atoms with E-state index in [0.29, 0.717) is 5.56 Å². The first-order valence-electron chi connectivity index (χ1n) is 9.42. The molecule has 138 valence electrons. The van der Waals surface area contributed by atoms with Gasteiger partial charge in [-0.3, -0.25) is 9.78 Å². The van der Waals surface area contributed by atoms with Crippen LogP contribution in [0.5, 0.6) is 0 Å². The zero-order valence-corrected chi connectivity index (χ0v) is 15.7. The Hall–Kier alpha value is -3.53. The van der Waals surface area contributed by atoms with E-state index in [-0.39, 0.29) is 11.9 Å². The molecule has 0 aliphatic carbocycles. The minimum absolute atomic E-state index is 0.0670. The summed E-state index contributed by atoms with van der Waals surface area (Å²) in [5.41, 5.74) is 4.28. The van der Waals surface area contributed by atoms with Crippen LogP contribution in [0.15, 0.2) is 85.2 Å². The molecule has 4 nitrogen and oxygen atoms in total. The van der Waals surface area contributed by atoms with E-state index < -0.39 is 0 Å². The van der Waals surface area contributed by atoms with E-state index in [0.717, 1.165) is 34.1 Å². The molecule has 2 aromatic heterocycles. The molecule has 0 spiro atoms. The highest BCUT2D eigenvalue weighted by molar-refractivity contribution is 6.07. The second kappa shape index (κ2) is 8.01. The topological polar surface area (TPSA) is 54.9 Å². The number of benzene rings is 2. The summed E-state index contributed by atoms with van der Waals surface area (Å²) in [6.45, 7) is 2.06. The number of aromatic nitrogens is 2. The number of pyridine rings is 2. The predicted molar refractivity (Wildman–Crippen MR) is 112 cm³/mol. The monoisotopic (exact) mass is 367 g/mol. The van der Waals surface area contributed by atoms with Crippen molar-refractivity contribution < 1.29 is 4.79 Å². The molecular weight excluding hydrogens is 346 g/mol. The number of nitrogens with one attached hydrogen (secondary N) is 1. The fourth-order valence-corrected chi connectivity index (χ4v) is 3.37. The molecule has 4 aromatic rings. The van der Waals surface area contributed by atoms with Crippen LogP contribution in [0.1, 0.15) is 35.3 Å². The standard InChI is InChI=1S/C24H21N3O/c1-2-21(18-12-14-25-15-13-18)27-24(28)20-16-23(17-8-4-3-5-9-17)26-22-11-7-6-10-19(20)22/h3-16,21H,2H2,1H3,(H,27,28)/t21-/m1/s1. The van der Waals surface area contributed by atoms with Gasteiger partial charge in [-0.05, 0) is 36.2 Å². The van der Waals surface area contributed by atoms with Crippen LogP contribution in [-0.2, 0) is 0 Å². The highest BCUT2D eigenvalue weighted by Gasteiger charge is 2.18. The van der Waals surface area contributed by atoms with Crippen molar-refractivity contribution in [1.29, 1.82) is 0 Å². The van der Waals surface area contributed by atoms with Crippen LogP contribution in [0.25, 0.3) is 22.2 Å². The van der Waals surface area contributed by atoms with Crippen LogP contribution in [-0.4, -0.2) is 15.9 Å². The molecular formula is C24H21N3O. The maximum absolute atomic E-state index is 13.2. The SMILES string of the molecule is CC[C@@H](NC(=O)c1cc(-c2ccccc2)nc2ccccc12)c1ccncc1. The van der Waals surface area contributed by atoms with Crippen LogP contribution in [0.3, 0.4) is 0 Å². The van der Waals surface area contributed by atoms with E-state index in [1.165, 1.54) is 0 Å². The van der Waals surface area contributed by atoms with Crippen molar-refractivity contribution in [1.82, 2.24) is 15.3 Å². The number of para-hydroxylation sites is 1. The molecule has 0 saturated carbocycles. The molecule has 0 fully saturated rings. The van der Waals surface area contributed by atoms with Gasteiger partial charge in [-0.15, -0.1) is 0 Å². The Balaban J connectivity index is 1.75. The Morgan fingerprint density at radius 2 is 1.68 bits per heavy atom. The van der Waals surface area contributed by atoms with Crippen molar-refractivity contribution in [2.24, 2.45) is 0 Å². The van der Waals surface area contributed by atoms with E-state index in [9.17, 15) is 4.79 Å². The number of nitrogens with zero attached hydrogens (tertiary/aromatic N) is 2. The summed E-state index contributed by atoms with van der Waals surface area (Å²) in [4.78, 5) is 22.1. The first-order chi connectivity index (χ1) is 13.8. The molecule has 0 aliphatic heterocycles. The van der Waals surface area contributed by atoms with Gasteiger partial charge in [0.2, 0.25) is 0 Å². The summed E-state index contributed by atoms with van der Waals surface area (Å²) < 4.78 is 0. The van der Waals surface area contributed by atoms with Gasteiger partial charge in [-0.1, -0.05) is 55.5 Å². The van der Waals surface area contributed by atoms with E-state index in [1.54, 1.807) is 12.4 Å². The first kappa shape index (κ1) is 17.9. The third kappa shape index (κ3) is 3.62. The van der Waals surface area contributed by atoms with Crippen LogP contribution < -0.4 is 5.32 Å². The lowest BCUT2D eigenvalue weighted by atomic mass is 10.0. The molecule has 2 heterocycles. The first-order valence-corrected chi connectivity index (χ1v) is 9.42. The second-order valence-corrected chi connectivity index (χ2v) is 6.65. The molecule has 0 saturated heterocycles. The van der Waals surface area contributed by atoms with Crippen molar-refractivity contribution >= 4 is 16.8 Å². The van der Waals surface area contributed by atoms with Crippen LogP contribution in [0.4, 0.5) is 0 Å². The highest BCUT2D eigenvalue weighted by atomic mass is 16.1. The molecule has 1 amide bonds. The van der Waals surface area contributed by atoms with Crippen molar-refractivity contribution in [3.05, 3.63) is 96.3 Å². The Bertz CT molecular complexity index is 1090. The maximum Gasteiger partial charge on any atom is 0.252 e. The summed E-state index contributed by atoms with van der Waals surface area (Å²) >= 11 is 0. The molecule has 0 bridgehead atoms. The summed E-state index contributed by atoms with van der Waals surface area (Å²) in [6.07, 6.45) is 4.29. The van der Waals surface area contributed by atoms with Gasteiger partial charge >= 0.3 is 0 Å². The molecule has 1 N–H and O–H groups in total. The summed E-state index contributed by atoms with van der Waals surface area (Å²) in [5.74, 6) is -0.0977. The number of hydrogen-bond acceptors (Lipinski definition) is 3. The Morgan fingerprint density at radius 1 is 0.964 bits per heavy atom. The smallest absolute Gasteiger partial charge is 0.252 e. The zero-order chi connectivity index (χ0) is 19.3. The molecule has 1 atom stereocenters. The molecule has 0 radical (unpaired) electrons. The zero-order valence-electron chi connectivity index (χ0n) is 15.7. The van der Waals surface area contributed by atoms with Crippen molar-refractivity contribution in [2.75, 3.05) is 0 Å². The van der Waals surface area contributed by atoms with E-state index in [2.05, 4.69) is 17.2 Å². The Morgan fingerprint density at radius 3 is 2.43 bits per heavy atom. The van der Waals surface area contributed by atoms with Crippen molar-refractivity contribution in [2.45, 2.75) is 19.4 Å². The molecule has 4 heteroatoms.